The lowest BCUT2D eigenvalue weighted by Crippen LogP contribution is -2.05. The number of rotatable bonds is 4. The molecule has 1 aromatic heterocycles. The second kappa shape index (κ2) is 8.75. The molecule has 0 fully saturated rings. The van der Waals surface area contributed by atoms with Gasteiger partial charge in [0.2, 0.25) is 5.95 Å². The van der Waals surface area contributed by atoms with Crippen molar-refractivity contribution in [2.45, 2.75) is 46.5 Å². The van der Waals surface area contributed by atoms with Gasteiger partial charge in [-0.05, 0) is 19.8 Å². The topological polar surface area (TPSA) is 98.0 Å². The van der Waals surface area contributed by atoms with Gasteiger partial charge in [-0.1, -0.05) is 26.7 Å². The first-order valence-corrected chi connectivity index (χ1v) is 6.06. The Morgan fingerprint density at radius 2 is 1.76 bits per heavy atom. The number of aliphatic hydroxyl groups is 1. The van der Waals surface area contributed by atoms with Gasteiger partial charge in [0.15, 0.2) is 0 Å². The smallest absolute Gasteiger partial charge is 0.222 e. The van der Waals surface area contributed by atoms with Crippen LogP contribution in [0.2, 0.25) is 0 Å². The Kier molecular flexibility index (Phi) is 8.05. The molecule has 0 aromatic carbocycles. The summed E-state index contributed by atoms with van der Waals surface area (Å²) in [6.07, 6.45) is 4.16. The Morgan fingerprint density at radius 3 is 2.18 bits per heavy atom. The summed E-state index contributed by atoms with van der Waals surface area (Å²) in [7, 11) is 0. The van der Waals surface area contributed by atoms with Crippen molar-refractivity contribution in [3.8, 4) is 0 Å². The van der Waals surface area contributed by atoms with Crippen LogP contribution in [0.5, 0.6) is 0 Å². The summed E-state index contributed by atoms with van der Waals surface area (Å²) in [4.78, 5) is 7.86. The summed E-state index contributed by atoms with van der Waals surface area (Å²) in [5.74, 6) is 0.735. The minimum absolute atomic E-state index is 0.255. The van der Waals surface area contributed by atoms with E-state index in [-0.39, 0.29) is 5.95 Å². The van der Waals surface area contributed by atoms with E-state index in [1.807, 2.05) is 13.8 Å². The van der Waals surface area contributed by atoms with E-state index < -0.39 is 0 Å². The summed E-state index contributed by atoms with van der Waals surface area (Å²) >= 11 is 0. The molecule has 0 aliphatic rings. The monoisotopic (exact) mass is 240 g/mol. The van der Waals surface area contributed by atoms with Gasteiger partial charge in [0.25, 0.3) is 0 Å². The lowest BCUT2D eigenvalue weighted by Gasteiger charge is -2.04. The van der Waals surface area contributed by atoms with Crippen LogP contribution in [0.4, 0.5) is 11.8 Å². The molecule has 98 valence electrons. The van der Waals surface area contributed by atoms with E-state index in [1.165, 1.54) is 6.42 Å². The van der Waals surface area contributed by atoms with Crippen molar-refractivity contribution in [3.05, 3.63) is 11.3 Å². The Morgan fingerprint density at radius 1 is 1.12 bits per heavy atom. The van der Waals surface area contributed by atoms with Crippen LogP contribution >= 0.6 is 0 Å². The molecule has 0 saturated heterocycles. The third-order valence-electron chi connectivity index (χ3n) is 2.40. The molecule has 0 unspecified atom stereocenters. The number of hydrogen-bond donors (Lipinski definition) is 3. The van der Waals surface area contributed by atoms with Gasteiger partial charge in [0, 0.05) is 12.2 Å². The second-order valence-corrected chi connectivity index (χ2v) is 3.82. The van der Waals surface area contributed by atoms with Gasteiger partial charge in [0.05, 0.1) is 5.69 Å². The highest BCUT2D eigenvalue weighted by Gasteiger charge is 2.03. The number of aryl methyl sites for hydroxylation is 1. The standard InChI is InChI=1S/C7H12N4.C5H12O/c1-3-5-4(2)6(8)11-7(9)10-5;1-2-3-4-5-6/h3H2,1-2H3,(H4,8,9,10,11);6H,2-5H2,1H3. The number of nitrogens with two attached hydrogens (primary N) is 2. The van der Waals surface area contributed by atoms with Gasteiger partial charge >= 0.3 is 0 Å². The summed E-state index contributed by atoms with van der Waals surface area (Å²) in [5.41, 5.74) is 12.8. The lowest BCUT2D eigenvalue weighted by atomic mass is 10.2. The van der Waals surface area contributed by atoms with E-state index in [0.717, 1.165) is 30.5 Å². The van der Waals surface area contributed by atoms with Gasteiger partial charge in [-0.25, -0.2) is 4.98 Å². The average Bonchev–Trinajstić information content (AvgIpc) is 2.32. The van der Waals surface area contributed by atoms with Gasteiger partial charge < -0.3 is 16.6 Å². The van der Waals surface area contributed by atoms with Crippen molar-refractivity contribution in [1.82, 2.24) is 9.97 Å². The van der Waals surface area contributed by atoms with Gasteiger partial charge in [-0.15, -0.1) is 0 Å². The molecule has 0 saturated carbocycles. The molecule has 5 heteroatoms. The molecule has 0 atom stereocenters. The first-order valence-electron chi connectivity index (χ1n) is 6.06. The molecule has 17 heavy (non-hydrogen) atoms. The first kappa shape index (κ1) is 15.6. The minimum Gasteiger partial charge on any atom is -0.396 e. The maximum Gasteiger partial charge on any atom is 0.222 e. The fraction of sp³-hybridized carbons (Fsp3) is 0.667. The van der Waals surface area contributed by atoms with Crippen LogP contribution in [0.1, 0.15) is 44.4 Å². The van der Waals surface area contributed by atoms with E-state index in [9.17, 15) is 0 Å². The Hall–Kier alpha value is -1.36. The SMILES string of the molecule is CCCCCO.CCc1nc(N)nc(N)c1C. The zero-order valence-corrected chi connectivity index (χ0v) is 11.0. The molecule has 0 amide bonds. The van der Waals surface area contributed by atoms with Crippen LogP contribution < -0.4 is 11.5 Å². The molecular weight excluding hydrogens is 216 g/mol. The molecule has 0 radical (unpaired) electrons. The van der Waals surface area contributed by atoms with Crippen LogP contribution in [-0.2, 0) is 6.42 Å². The second-order valence-electron chi connectivity index (χ2n) is 3.82. The summed E-state index contributed by atoms with van der Waals surface area (Å²) < 4.78 is 0. The maximum absolute atomic E-state index is 8.20. The van der Waals surface area contributed by atoms with Crippen molar-refractivity contribution in [1.29, 1.82) is 0 Å². The fourth-order valence-corrected chi connectivity index (χ4v) is 1.31. The molecule has 5 nitrogen and oxygen atoms in total. The summed E-state index contributed by atoms with van der Waals surface area (Å²) in [6.45, 7) is 6.38. The average molecular weight is 240 g/mol. The van der Waals surface area contributed by atoms with E-state index in [0.29, 0.717) is 12.4 Å². The quantitative estimate of drug-likeness (QED) is 0.695. The highest BCUT2D eigenvalue weighted by Crippen LogP contribution is 2.12. The van der Waals surface area contributed by atoms with Crippen molar-refractivity contribution < 1.29 is 5.11 Å². The first-order chi connectivity index (χ1) is 8.06. The fourth-order valence-electron chi connectivity index (χ4n) is 1.31. The third kappa shape index (κ3) is 6.06. The molecule has 0 spiro atoms. The largest absolute Gasteiger partial charge is 0.396 e. The van der Waals surface area contributed by atoms with E-state index >= 15 is 0 Å². The zero-order valence-electron chi connectivity index (χ0n) is 11.0. The number of anilines is 2. The van der Waals surface area contributed by atoms with Crippen LogP contribution in [0.3, 0.4) is 0 Å². The van der Waals surface area contributed by atoms with Crippen molar-refractivity contribution in [2.24, 2.45) is 0 Å². The number of unbranched alkanes of at least 4 members (excludes halogenated alkanes) is 2. The lowest BCUT2D eigenvalue weighted by molar-refractivity contribution is 0.284. The van der Waals surface area contributed by atoms with E-state index in [4.69, 9.17) is 16.6 Å². The van der Waals surface area contributed by atoms with Crippen LogP contribution in [0.25, 0.3) is 0 Å². The molecule has 0 aliphatic heterocycles. The molecule has 1 rings (SSSR count). The number of nitrogens with zero attached hydrogens (tertiary/aromatic N) is 2. The maximum atomic E-state index is 8.20. The number of nitrogen functional groups attached to an aromatic ring is 2. The third-order valence-corrected chi connectivity index (χ3v) is 2.40. The van der Waals surface area contributed by atoms with Crippen molar-refractivity contribution in [2.75, 3.05) is 18.1 Å². The number of aliphatic hydroxyl groups excluding tert-OH is 1. The normalized spacial score (nSPS) is 9.65. The van der Waals surface area contributed by atoms with Crippen molar-refractivity contribution >= 4 is 11.8 Å². The predicted molar refractivity (Wildman–Crippen MR) is 71.6 cm³/mol. The van der Waals surface area contributed by atoms with Gasteiger partial charge in [-0.3, -0.25) is 0 Å². The van der Waals surface area contributed by atoms with Crippen LogP contribution in [0, 0.1) is 6.92 Å². The molecule has 1 heterocycles. The zero-order chi connectivity index (χ0) is 13.3. The van der Waals surface area contributed by atoms with Gasteiger partial charge in [0.1, 0.15) is 5.82 Å². The Balaban J connectivity index is 0.000000366. The molecule has 1 aromatic rings. The summed E-state index contributed by atoms with van der Waals surface area (Å²) in [6, 6.07) is 0. The van der Waals surface area contributed by atoms with Crippen LogP contribution in [0.15, 0.2) is 0 Å². The highest BCUT2D eigenvalue weighted by molar-refractivity contribution is 5.44. The molecule has 0 bridgehead atoms. The van der Waals surface area contributed by atoms with Gasteiger partial charge in [-0.2, -0.15) is 4.98 Å². The van der Waals surface area contributed by atoms with E-state index in [2.05, 4.69) is 16.9 Å². The Bertz CT molecular complexity index is 325. The van der Waals surface area contributed by atoms with E-state index in [1.54, 1.807) is 0 Å². The molecular formula is C12H24N4O. The molecule has 0 aliphatic carbocycles. The molecule has 5 N–H and O–H groups in total. The van der Waals surface area contributed by atoms with Crippen LogP contribution in [-0.4, -0.2) is 21.7 Å². The Labute approximate surface area is 103 Å². The number of aromatic nitrogens is 2. The number of hydrogen-bond acceptors (Lipinski definition) is 5. The predicted octanol–water partition coefficient (Wildman–Crippen LogP) is 1.68. The summed E-state index contributed by atoms with van der Waals surface area (Å²) in [5, 5.41) is 8.20. The highest BCUT2D eigenvalue weighted by atomic mass is 16.2. The van der Waals surface area contributed by atoms with Crippen molar-refractivity contribution in [3.63, 3.8) is 0 Å². The minimum atomic E-state index is 0.255.